The average Bonchev–Trinajstić information content (AvgIpc) is 2.01. The molecule has 1 aromatic rings. The molecule has 80 valence electrons. The molecule has 16 heavy (non-hydrogen) atoms. The molecule has 0 saturated carbocycles. The second-order valence-electron chi connectivity index (χ2n) is 2.38. The molecule has 1 aromatic carbocycles. The Kier molecular flexibility index (Phi) is 9.34. The van der Waals surface area contributed by atoms with E-state index in [-0.39, 0.29) is 73.3 Å². The quantitative estimate of drug-likeness (QED) is 0.374. The van der Waals surface area contributed by atoms with Gasteiger partial charge in [-0.2, -0.15) is 0 Å². The molecule has 9 heteroatoms. The fourth-order valence-corrected chi connectivity index (χ4v) is 1.27. The van der Waals surface area contributed by atoms with Gasteiger partial charge in [0.2, 0.25) is 0 Å². The van der Waals surface area contributed by atoms with E-state index in [4.69, 9.17) is 14.9 Å². The fourth-order valence-electron chi connectivity index (χ4n) is 0.851. The predicted octanol–water partition coefficient (Wildman–Crippen LogP) is -4.91. The standard InChI is InChI=1S/C7H7O6P.2Na.2H/c8-7(9)5-3-1-2-4-6(5)13-14(10,11)12;;;;/h1-4H,(H,8,9)(H2,10,11,12);;;;/q;2*+1;2*-1. The molecule has 0 saturated heterocycles. The van der Waals surface area contributed by atoms with Gasteiger partial charge in [0.1, 0.15) is 11.3 Å². The van der Waals surface area contributed by atoms with Gasteiger partial charge in [0, 0.05) is 0 Å². The summed E-state index contributed by atoms with van der Waals surface area (Å²) in [5, 5.41) is 8.63. The topological polar surface area (TPSA) is 104 Å². The summed E-state index contributed by atoms with van der Waals surface area (Å²) in [4.78, 5) is 27.5. The number of hydrogen-bond donors (Lipinski definition) is 3. The summed E-state index contributed by atoms with van der Waals surface area (Å²) in [7, 11) is -4.72. The molecule has 0 bridgehead atoms. The Labute approximate surface area is 139 Å². The van der Waals surface area contributed by atoms with Crippen molar-refractivity contribution in [1.82, 2.24) is 0 Å². The van der Waals surface area contributed by atoms with Crippen molar-refractivity contribution in [3.63, 3.8) is 0 Å². The molecule has 0 fully saturated rings. The minimum Gasteiger partial charge on any atom is -1.00 e. The van der Waals surface area contributed by atoms with E-state index in [2.05, 4.69) is 4.52 Å². The van der Waals surface area contributed by atoms with E-state index in [9.17, 15) is 9.36 Å². The molecule has 1 rings (SSSR count). The Morgan fingerprint density at radius 1 is 1.25 bits per heavy atom. The van der Waals surface area contributed by atoms with E-state index in [0.29, 0.717) is 0 Å². The van der Waals surface area contributed by atoms with Crippen molar-refractivity contribution in [2.75, 3.05) is 0 Å². The molecule has 0 aliphatic rings. The van der Waals surface area contributed by atoms with Crippen molar-refractivity contribution in [2.45, 2.75) is 0 Å². The zero-order valence-electron chi connectivity index (χ0n) is 10.8. The van der Waals surface area contributed by atoms with E-state index >= 15 is 0 Å². The zero-order valence-corrected chi connectivity index (χ0v) is 13.7. The maximum Gasteiger partial charge on any atom is 1.00 e. The number of phosphoric acid groups is 1. The molecule has 3 N–H and O–H groups in total. The summed E-state index contributed by atoms with van der Waals surface area (Å²) < 4.78 is 14.6. The molecule has 0 amide bonds. The van der Waals surface area contributed by atoms with Crippen molar-refractivity contribution < 1.29 is 90.7 Å². The molecule has 0 aliphatic carbocycles. The Morgan fingerprint density at radius 2 is 1.75 bits per heavy atom. The SMILES string of the molecule is O=C(O)c1ccccc1OP(=O)(O)O.[H-].[H-].[Na+].[Na+]. The van der Waals surface area contributed by atoms with Crippen LogP contribution in [0.15, 0.2) is 24.3 Å². The van der Waals surface area contributed by atoms with Gasteiger partial charge in [0.05, 0.1) is 0 Å². The molecular formula is C7H9Na2O6P. The molecular weight excluding hydrogens is 257 g/mol. The molecule has 0 heterocycles. The number of carbonyl (C=O) groups is 1. The van der Waals surface area contributed by atoms with Gasteiger partial charge in [-0.3, -0.25) is 9.79 Å². The van der Waals surface area contributed by atoms with E-state index in [0.717, 1.165) is 0 Å². The largest absolute Gasteiger partial charge is 1.00 e. The molecule has 0 spiro atoms. The van der Waals surface area contributed by atoms with Gasteiger partial charge in [0.15, 0.2) is 0 Å². The summed E-state index contributed by atoms with van der Waals surface area (Å²) in [6, 6.07) is 5.20. The van der Waals surface area contributed by atoms with Crippen molar-refractivity contribution in [2.24, 2.45) is 0 Å². The van der Waals surface area contributed by atoms with Gasteiger partial charge >= 0.3 is 72.9 Å². The number of rotatable bonds is 3. The number of carboxylic acids is 1. The van der Waals surface area contributed by atoms with Crippen LogP contribution in [0.2, 0.25) is 0 Å². The molecule has 0 aromatic heterocycles. The Hall–Kier alpha value is 0.640. The van der Waals surface area contributed by atoms with Gasteiger partial charge in [-0.25, -0.2) is 9.36 Å². The van der Waals surface area contributed by atoms with Crippen molar-refractivity contribution in [1.29, 1.82) is 0 Å². The van der Waals surface area contributed by atoms with Crippen LogP contribution in [0.25, 0.3) is 0 Å². The molecule has 6 nitrogen and oxygen atoms in total. The number of phosphoric ester groups is 1. The average molecular weight is 266 g/mol. The normalized spacial score (nSPS) is 9.62. The third-order valence-corrected chi connectivity index (χ3v) is 1.77. The summed E-state index contributed by atoms with van der Waals surface area (Å²) in [6.07, 6.45) is 0. The van der Waals surface area contributed by atoms with Crippen LogP contribution in [-0.4, -0.2) is 20.9 Å². The van der Waals surface area contributed by atoms with E-state index in [1.165, 1.54) is 24.3 Å². The molecule has 0 radical (unpaired) electrons. The van der Waals surface area contributed by atoms with Gasteiger partial charge in [0.25, 0.3) is 0 Å². The third kappa shape index (κ3) is 6.39. The third-order valence-electron chi connectivity index (χ3n) is 1.33. The van der Waals surface area contributed by atoms with Crippen LogP contribution in [0.3, 0.4) is 0 Å². The monoisotopic (exact) mass is 266 g/mol. The summed E-state index contributed by atoms with van der Waals surface area (Å²) >= 11 is 0. The number of hydrogen-bond acceptors (Lipinski definition) is 3. The smallest absolute Gasteiger partial charge is 1.00 e. The van der Waals surface area contributed by atoms with Crippen LogP contribution in [0.4, 0.5) is 0 Å². The van der Waals surface area contributed by atoms with Crippen molar-refractivity contribution in [3.8, 4) is 5.75 Å². The summed E-state index contributed by atoms with van der Waals surface area (Å²) in [5.74, 6) is -1.66. The van der Waals surface area contributed by atoms with Crippen LogP contribution in [-0.2, 0) is 4.57 Å². The van der Waals surface area contributed by atoms with Gasteiger partial charge in [-0.05, 0) is 12.1 Å². The number of aromatic carboxylic acids is 1. The van der Waals surface area contributed by atoms with Crippen LogP contribution in [0.5, 0.6) is 5.75 Å². The minimum atomic E-state index is -4.72. The first-order valence-corrected chi connectivity index (χ1v) is 5.00. The van der Waals surface area contributed by atoms with Gasteiger partial charge in [-0.15, -0.1) is 0 Å². The van der Waals surface area contributed by atoms with Crippen molar-refractivity contribution in [3.05, 3.63) is 29.8 Å². The van der Waals surface area contributed by atoms with Crippen molar-refractivity contribution >= 4 is 13.8 Å². The Morgan fingerprint density at radius 3 is 2.19 bits per heavy atom. The Balaban J connectivity index is -0.000000245. The van der Waals surface area contributed by atoms with Crippen LogP contribution in [0.1, 0.15) is 13.2 Å². The molecule has 0 aliphatic heterocycles. The molecule has 0 atom stereocenters. The number of benzene rings is 1. The number of para-hydroxylation sites is 1. The van der Waals surface area contributed by atoms with E-state index < -0.39 is 13.8 Å². The Bertz CT molecular complexity index is 413. The van der Waals surface area contributed by atoms with Gasteiger partial charge < -0.3 is 12.5 Å². The first kappa shape index (κ1) is 19.0. The van der Waals surface area contributed by atoms with Gasteiger partial charge in [-0.1, -0.05) is 12.1 Å². The molecule has 0 unspecified atom stereocenters. The second-order valence-corrected chi connectivity index (χ2v) is 3.55. The van der Waals surface area contributed by atoms with Crippen LogP contribution >= 0.6 is 7.82 Å². The second kappa shape index (κ2) is 7.87. The minimum absolute atomic E-state index is 0. The maximum atomic E-state index is 10.6. The summed E-state index contributed by atoms with van der Waals surface area (Å²) in [6.45, 7) is 0. The zero-order chi connectivity index (χ0) is 10.8. The number of carboxylic acid groups (broad SMARTS) is 1. The van der Waals surface area contributed by atoms with Crippen LogP contribution in [0, 0.1) is 0 Å². The predicted molar refractivity (Wildman–Crippen MR) is 48.3 cm³/mol. The first-order valence-electron chi connectivity index (χ1n) is 3.47. The van der Waals surface area contributed by atoms with E-state index in [1.807, 2.05) is 0 Å². The van der Waals surface area contributed by atoms with Crippen LogP contribution < -0.4 is 63.6 Å². The van der Waals surface area contributed by atoms with E-state index in [1.54, 1.807) is 0 Å². The first-order chi connectivity index (χ1) is 6.40. The maximum absolute atomic E-state index is 10.6. The summed E-state index contributed by atoms with van der Waals surface area (Å²) in [5.41, 5.74) is -0.296. The fraction of sp³-hybridized carbons (Fsp3) is 0.